The Morgan fingerprint density at radius 3 is 2.29 bits per heavy atom. The van der Waals surface area contributed by atoms with Gasteiger partial charge in [-0.2, -0.15) is 0 Å². The number of amides is 2. The summed E-state index contributed by atoms with van der Waals surface area (Å²) in [5, 5.41) is 3.83. The Hall–Kier alpha value is -4.16. The molecule has 3 atom stereocenters. The molecule has 2 amide bonds. The van der Waals surface area contributed by atoms with E-state index in [0.717, 1.165) is 22.0 Å². The first-order valence-corrected chi connectivity index (χ1v) is 11.2. The number of hydrogen-bond acceptors (Lipinski definition) is 5. The van der Waals surface area contributed by atoms with Gasteiger partial charge in [-0.1, -0.05) is 66.7 Å². The van der Waals surface area contributed by atoms with Crippen molar-refractivity contribution in [1.82, 2.24) is 0 Å². The van der Waals surface area contributed by atoms with Gasteiger partial charge in [0.2, 0.25) is 5.91 Å². The summed E-state index contributed by atoms with van der Waals surface area (Å²) in [6.07, 6.45) is -0.914. The van der Waals surface area contributed by atoms with Gasteiger partial charge in [-0.15, -0.1) is 0 Å². The van der Waals surface area contributed by atoms with Crippen molar-refractivity contribution in [2.45, 2.75) is 12.1 Å². The number of nitrogens with zero attached hydrogens (tertiary/aromatic N) is 2. The van der Waals surface area contributed by atoms with Crippen molar-refractivity contribution in [3.8, 4) is 5.75 Å². The Morgan fingerprint density at radius 2 is 1.47 bits per heavy atom. The van der Waals surface area contributed by atoms with E-state index in [4.69, 9.17) is 9.57 Å². The summed E-state index contributed by atoms with van der Waals surface area (Å²) >= 11 is 0. The first kappa shape index (κ1) is 20.4. The van der Waals surface area contributed by atoms with Crippen molar-refractivity contribution in [2.24, 2.45) is 5.92 Å². The third-order valence-electron chi connectivity index (χ3n) is 6.58. The predicted molar refractivity (Wildman–Crippen MR) is 129 cm³/mol. The molecule has 34 heavy (non-hydrogen) atoms. The van der Waals surface area contributed by atoms with Crippen molar-refractivity contribution < 1.29 is 19.2 Å². The summed E-state index contributed by atoms with van der Waals surface area (Å²) in [4.78, 5) is 34.9. The van der Waals surface area contributed by atoms with Crippen LogP contribution in [0.1, 0.15) is 11.6 Å². The number of methoxy groups -OCH3 is 1. The molecule has 2 saturated heterocycles. The molecule has 2 heterocycles. The van der Waals surface area contributed by atoms with E-state index in [-0.39, 0.29) is 11.8 Å². The van der Waals surface area contributed by atoms with E-state index in [9.17, 15) is 9.59 Å². The van der Waals surface area contributed by atoms with Gasteiger partial charge in [0.25, 0.3) is 5.91 Å². The van der Waals surface area contributed by atoms with Gasteiger partial charge in [-0.05, 0) is 40.6 Å². The highest BCUT2D eigenvalue weighted by molar-refractivity contribution is 6.24. The molecule has 2 aliphatic rings. The minimum atomic E-state index is -0.914. The number of fused-ring (bicyclic) bond motifs is 2. The number of ether oxygens (including phenoxy) is 1. The Bertz CT molecular complexity index is 1400. The summed E-state index contributed by atoms with van der Waals surface area (Å²) in [7, 11) is 1.55. The molecular formula is C28H22N2O4. The molecule has 0 saturated carbocycles. The third kappa shape index (κ3) is 3.07. The van der Waals surface area contributed by atoms with Crippen LogP contribution in [0.25, 0.3) is 10.8 Å². The standard InChI is InChI=1S/C28H22N2O4/c1-33-21-14-8-13-20(17-21)29-27(31)24-25(23-16-7-10-18-9-5-6-15-22(18)23)30(34-26(24)28(29)32)19-11-3-2-4-12-19/h2-17,24-26H,1H3/t24-,25+,26+/m1/s1. The average Bonchev–Trinajstić information content (AvgIpc) is 3.40. The van der Waals surface area contributed by atoms with Crippen LogP contribution in [0.15, 0.2) is 97.1 Å². The molecule has 0 N–H and O–H groups in total. The lowest BCUT2D eigenvalue weighted by Gasteiger charge is -2.29. The number of rotatable bonds is 4. The second kappa shape index (κ2) is 8.01. The second-order valence-corrected chi connectivity index (χ2v) is 8.44. The van der Waals surface area contributed by atoms with Gasteiger partial charge in [-0.25, -0.2) is 9.96 Å². The fourth-order valence-electron chi connectivity index (χ4n) is 5.04. The molecule has 2 fully saturated rings. The summed E-state index contributed by atoms with van der Waals surface area (Å²) in [6, 6.07) is 30.2. The van der Waals surface area contributed by atoms with E-state index in [1.54, 1.807) is 36.4 Å². The molecule has 4 aromatic carbocycles. The summed E-state index contributed by atoms with van der Waals surface area (Å²) in [5.74, 6) is -0.760. The lowest BCUT2D eigenvalue weighted by molar-refractivity contribution is -0.126. The van der Waals surface area contributed by atoms with E-state index in [2.05, 4.69) is 0 Å². The van der Waals surface area contributed by atoms with Crippen LogP contribution in [0.3, 0.4) is 0 Å². The zero-order chi connectivity index (χ0) is 23.2. The third-order valence-corrected chi connectivity index (χ3v) is 6.58. The van der Waals surface area contributed by atoms with E-state index < -0.39 is 18.1 Å². The second-order valence-electron chi connectivity index (χ2n) is 8.44. The van der Waals surface area contributed by atoms with Crippen LogP contribution in [0.4, 0.5) is 11.4 Å². The van der Waals surface area contributed by atoms with Gasteiger partial charge < -0.3 is 4.74 Å². The van der Waals surface area contributed by atoms with Crippen LogP contribution in [0.5, 0.6) is 5.75 Å². The fraction of sp³-hybridized carbons (Fsp3) is 0.143. The van der Waals surface area contributed by atoms with Crippen molar-refractivity contribution in [3.63, 3.8) is 0 Å². The molecular weight excluding hydrogens is 428 g/mol. The van der Waals surface area contributed by atoms with Crippen LogP contribution in [0, 0.1) is 5.92 Å². The Morgan fingerprint density at radius 1 is 0.765 bits per heavy atom. The highest BCUT2D eigenvalue weighted by Crippen LogP contribution is 2.49. The highest BCUT2D eigenvalue weighted by atomic mass is 16.7. The summed E-state index contributed by atoms with van der Waals surface area (Å²) in [6.45, 7) is 0. The quantitative estimate of drug-likeness (QED) is 0.414. The van der Waals surface area contributed by atoms with Gasteiger partial charge in [0, 0.05) is 6.07 Å². The van der Waals surface area contributed by atoms with Gasteiger partial charge in [0.1, 0.15) is 11.7 Å². The molecule has 6 rings (SSSR count). The molecule has 2 aliphatic heterocycles. The van der Waals surface area contributed by atoms with Crippen LogP contribution < -0.4 is 14.7 Å². The molecule has 4 aromatic rings. The van der Waals surface area contributed by atoms with E-state index in [1.165, 1.54) is 4.90 Å². The maximum absolute atomic E-state index is 13.9. The molecule has 0 radical (unpaired) electrons. The normalized spacial score (nSPS) is 21.9. The topological polar surface area (TPSA) is 59.1 Å². The molecule has 0 aromatic heterocycles. The first-order valence-electron chi connectivity index (χ1n) is 11.2. The minimum absolute atomic E-state index is 0.278. The van der Waals surface area contributed by atoms with E-state index in [1.807, 2.05) is 72.8 Å². The first-order chi connectivity index (χ1) is 16.7. The summed E-state index contributed by atoms with van der Waals surface area (Å²) in [5.41, 5.74) is 2.22. The Kier molecular flexibility index (Phi) is 4.81. The number of para-hydroxylation sites is 1. The number of anilines is 2. The maximum atomic E-state index is 13.9. The number of hydroxylamine groups is 1. The monoisotopic (exact) mass is 450 g/mol. The molecule has 0 aliphatic carbocycles. The number of carbonyl (C=O) groups excluding carboxylic acids is 2. The lowest BCUT2D eigenvalue weighted by atomic mass is 9.87. The zero-order valence-corrected chi connectivity index (χ0v) is 18.5. The largest absolute Gasteiger partial charge is 0.497 e. The lowest BCUT2D eigenvalue weighted by Crippen LogP contribution is -2.37. The van der Waals surface area contributed by atoms with Crippen molar-refractivity contribution in [2.75, 3.05) is 17.1 Å². The maximum Gasteiger partial charge on any atom is 0.266 e. The number of benzene rings is 4. The smallest absolute Gasteiger partial charge is 0.266 e. The van der Waals surface area contributed by atoms with Crippen LogP contribution >= 0.6 is 0 Å². The van der Waals surface area contributed by atoms with Gasteiger partial charge >= 0.3 is 0 Å². The molecule has 6 heteroatoms. The van der Waals surface area contributed by atoms with Gasteiger partial charge in [0.15, 0.2) is 6.10 Å². The van der Waals surface area contributed by atoms with Gasteiger partial charge in [0.05, 0.1) is 24.5 Å². The van der Waals surface area contributed by atoms with Crippen molar-refractivity contribution >= 4 is 34.0 Å². The number of imide groups is 1. The van der Waals surface area contributed by atoms with Crippen LogP contribution in [0.2, 0.25) is 0 Å². The minimum Gasteiger partial charge on any atom is -0.497 e. The number of hydrogen-bond donors (Lipinski definition) is 0. The fourth-order valence-corrected chi connectivity index (χ4v) is 5.04. The Balaban J connectivity index is 1.50. The Labute approximate surface area is 196 Å². The SMILES string of the molecule is COc1cccc(N2C(=O)[C@H]3[C@H](ON(c4ccccc4)[C@H]3c3cccc4ccccc34)C2=O)c1. The van der Waals surface area contributed by atoms with Crippen LogP contribution in [-0.2, 0) is 14.4 Å². The molecule has 0 bridgehead atoms. The molecule has 0 spiro atoms. The van der Waals surface area contributed by atoms with Gasteiger partial charge in [-0.3, -0.25) is 14.4 Å². The van der Waals surface area contributed by atoms with Crippen LogP contribution in [-0.4, -0.2) is 25.0 Å². The molecule has 0 unspecified atom stereocenters. The predicted octanol–water partition coefficient (Wildman–Crippen LogP) is 4.90. The van der Waals surface area contributed by atoms with Crippen molar-refractivity contribution in [3.05, 3.63) is 103 Å². The molecule has 168 valence electrons. The van der Waals surface area contributed by atoms with E-state index in [0.29, 0.717) is 11.4 Å². The molecule has 6 nitrogen and oxygen atoms in total. The summed E-state index contributed by atoms with van der Waals surface area (Å²) < 4.78 is 5.30. The van der Waals surface area contributed by atoms with Crippen molar-refractivity contribution in [1.29, 1.82) is 0 Å². The highest BCUT2D eigenvalue weighted by Gasteiger charge is 2.60. The zero-order valence-electron chi connectivity index (χ0n) is 18.5. The average molecular weight is 450 g/mol. The number of carbonyl (C=O) groups is 2. The van der Waals surface area contributed by atoms with E-state index >= 15 is 0 Å².